The zero-order valence-electron chi connectivity index (χ0n) is 12.5. The van der Waals surface area contributed by atoms with Crippen molar-refractivity contribution in [1.29, 1.82) is 0 Å². The fourth-order valence-corrected chi connectivity index (χ4v) is 2.16. The molecule has 0 unspecified atom stereocenters. The number of hydrogen-bond acceptors (Lipinski definition) is 5. The Balaban J connectivity index is 1.79. The van der Waals surface area contributed by atoms with Crippen LogP contribution in [-0.4, -0.2) is 15.2 Å². The van der Waals surface area contributed by atoms with Crippen LogP contribution in [0.15, 0.2) is 54.7 Å². The minimum atomic E-state index is 0.466. The first-order valence-corrected chi connectivity index (χ1v) is 7.07. The van der Waals surface area contributed by atoms with Gasteiger partial charge < -0.3 is 10.6 Å². The second kappa shape index (κ2) is 6.22. The first kappa shape index (κ1) is 14.0. The maximum Gasteiger partial charge on any atom is 0.249 e. The Morgan fingerprint density at radius 1 is 0.909 bits per heavy atom. The van der Waals surface area contributed by atoms with E-state index in [0.29, 0.717) is 11.8 Å². The molecular formula is C17H17N5. The van der Waals surface area contributed by atoms with Crippen molar-refractivity contribution in [2.75, 3.05) is 10.6 Å². The summed E-state index contributed by atoms with van der Waals surface area (Å²) in [5, 5.41) is 14.4. The van der Waals surface area contributed by atoms with Crippen molar-refractivity contribution in [3.63, 3.8) is 0 Å². The molecule has 1 heterocycles. The van der Waals surface area contributed by atoms with E-state index < -0.39 is 0 Å². The molecule has 22 heavy (non-hydrogen) atoms. The maximum absolute atomic E-state index is 4.43. The largest absolute Gasteiger partial charge is 0.339 e. The summed E-state index contributed by atoms with van der Waals surface area (Å²) >= 11 is 0. The van der Waals surface area contributed by atoms with E-state index in [1.54, 1.807) is 6.20 Å². The second-order valence-electron chi connectivity index (χ2n) is 5.10. The van der Waals surface area contributed by atoms with Crippen LogP contribution in [0.3, 0.4) is 0 Å². The number of aromatic nitrogens is 3. The van der Waals surface area contributed by atoms with Crippen LogP contribution in [0.5, 0.6) is 0 Å². The van der Waals surface area contributed by atoms with E-state index in [-0.39, 0.29) is 0 Å². The van der Waals surface area contributed by atoms with Crippen LogP contribution in [0.2, 0.25) is 0 Å². The van der Waals surface area contributed by atoms with Gasteiger partial charge in [0.25, 0.3) is 0 Å². The third kappa shape index (κ3) is 3.38. The highest BCUT2D eigenvalue weighted by atomic mass is 15.3. The molecule has 0 spiro atoms. The minimum absolute atomic E-state index is 0.466. The molecule has 0 fully saturated rings. The van der Waals surface area contributed by atoms with Crippen LogP contribution in [0.4, 0.5) is 23.1 Å². The fraction of sp³-hybridized carbons (Fsp3) is 0.118. The van der Waals surface area contributed by atoms with E-state index in [9.17, 15) is 0 Å². The van der Waals surface area contributed by atoms with Gasteiger partial charge in [0.05, 0.1) is 6.20 Å². The van der Waals surface area contributed by atoms with Gasteiger partial charge in [-0.1, -0.05) is 35.9 Å². The SMILES string of the molecule is Cc1ccc(Nc2nncc(Nc3ccccc3)n2)c(C)c1. The number of nitrogens with one attached hydrogen (secondary N) is 2. The number of nitrogens with zero attached hydrogens (tertiary/aromatic N) is 3. The molecule has 0 radical (unpaired) electrons. The molecule has 110 valence electrons. The van der Waals surface area contributed by atoms with Crippen molar-refractivity contribution in [2.45, 2.75) is 13.8 Å². The van der Waals surface area contributed by atoms with Crippen molar-refractivity contribution in [1.82, 2.24) is 15.2 Å². The van der Waals surface area contributed by atoms with Crippen LogP contribution in [-0.2, 0) is 0 Å². The van der Waals surface area contributed by atoms with Crippen LogP contribution in [0, 0.1) is 13.8 Å². The lowest BCUT2D eigenvalue weighted by molar-refractivity contribution is 0.981. The van der Waals surface area contributed by atoms with E-state index in [1.165, 1.54) is 5.56 Å². The normalized spacial score (nSPS) is 10.3. The van der Waals surface area contributed by atoms with E-state index in [2.05, 4.69) is 51.8 Å². The number of rotatable bonds is 4. The third-order valence-electron chi connectivity index (χ3n) is 3.23. The van der Waals surface area contributed by atoms with Gasteiger partial charge in [0, 0.05) is 11.4 Å². The lowest BCUT2D eigenvalue weighted by Crippen LogP contribution is -2.03. The Labute approximate surface area is 129 Å². The van der Waals surface area contributed by atoms with Gasteiger partial charge >= 0.3 is 0 Å². The first-order chi connectivity index (χ1) is 10.7. The Morgan fingerprint density at radius 2 is 1.73 bits per heavy atom. The second-order valence-corrected chi connectivity index (χ2v) is 5.10. The smallest absolute Gasteiger partial charge is 0.249 e. The molecule has 3 aromatic rings. The van der Waals surface area contributed by atoms with Crippen LogP contribution in [0.1, 0.15) is 11.1 Å². The number of aryl methyl sites for hydroxylation is 2. The summed E-state index contributed by atoms with van der Waals surface area (Å²) in [7, 11) is 0. The van der Waals surface area contributed by atoms with Crippen LogP contribution < -0.4 is 10.6 Å². The number of anilines is 4. The monoisotopic (exact) mass is 291 g/mol. The number of hydrogen-bond donors (Lipinski definition) is 2. The van der Waals surface area contributed by atoms with Gasteiger partial charge in [-0.3, -0.25) is 0 Å². The summed E-state index contributed by atoms with van der Waals surface area (Å²) in [4.78, 5) is 4.43. The number of benzene rings is 2. The molecule has 0 atom stereocenters. The molecule has 2 N–H and O–H groups in total. The van der Waals surface area contributed by atoms with Crippen molar-refractivity contribution in [3.05, 3.63) is 65.9 Å². The Morgan fingerprint density at radius 3 is 2.50 bits per heavy atom. The topological polar surface area (TPSA) is 62.7 Å². The molecule has 2 aromatic carbocycles. The molecule has 0 aliphatic heterocycles. The Hall–Kier alpha value is -2.95. The maximum atomic E-state index is 4.43. The van der Waals surface area contributed by atoms with E-state index in [1.807, 2.05) is 36.4 Å². The molecule has 0 saturated carbocycles. The van der Waals surface area contributed by atoms with Crippen LogP contribution in [0.25, 0.3) is 0 Å². The van der Waals surface area contributed by atoms with E-state index in [4.69, 9.17) is 0 Å². The summed E-state index contributed by atoms with van der Waals surface area (Å²) in [6, 6.07) is 16.0. The minimum Gasteiger partial charge on any atom is -0.339 e. The van der Waals surface area contributed by atoms with Crippen LogP contribution >= 0.6 is 0 Å². The van der Waals surface area contributed by atoms with Gasteiger partial charge in [-0.05, 0) is 37.6 Å². The lowest BCUT2D eigenvalue weighted by Gasteiger charge is -2.10. The molecular weight excluding hydrogens is 274 g/mol. The molecule has 0 bridgehead atoms. The molecule has 0 aliphatic rings. The Bertz CT molecular complexity index is 771. The highest BCUT2D eigenvalue weighted by molar-refractivity contribution is 5.61. The molecule has 0 aliphatic carbocycles. The third-order valence-corrected chi connectivity index (χ3v) is 3.23. The summed E-state index contributed by atoms with van der Waals surface area (Å²) in [6.45, 7) is 4.12. The molecule has 5 nitrogen and oxygen atoms in total. The number of para-hydroxylation sites is 1. The summed E-state index contributed by atoms with van der Waals surface area (Å²) < 4.78 is 0. The first-order valence-electron chi connectivity index (χ1n) is 7.07. The van der Waals surface area contributed by atoms with E-state index >= 15 is 0 Å². The Kier molecular flexibility index (Phi) is 3.96. The van der Waals surface area contributed by atoms with Crippen molar-refractivity contribution in [3.8, 4) is 0 Å². The predicted octanol–water partition coefficient (Wildman–Crippen LogP) is 3.98. The summed E-state index contributed by atoms with van der Waals surface area (Å²) in [6.07, 6.45) is 1.60. The molecule has 0 saturated heterocycles. The molecule has 5 heteroatoms. The predicted molar refractivity (Wildman–Crippen MR) is 88.8 cm³/mol. The van der Waals surface area contributed by atoms with Gasteiger partial charge in [0.15, 0.2) is 5.82 Å². The van der Waals surface area contributed by atoms with Gasteiger partial charge in [-0.25, -0.2) is 0 Å². The zero-order valence-corrected chi connectivity index (χ0v) is 12.5. The average Bonchev–Trinajstić information content (AvgIpc) is 2.52. The van der Waals surface area contributed by atoms with Gasteiger partial charge in [0.2, 0.25) is 5.95 Å². The van der Waals surface area contributed by atoms with Gasteiger partial charge in [-0.15, -0.1) is 5.10 Å². The van der Waals surface area contributed by atoms with Crippen molar-refractivity contribution < 1.29 is 0 Å². The standard InChI is InChI=1S/C17H17N5/c1-12-8-9-15(13(2)10-12)20-17-21-16(11-18-22-17)19-14-6-4-3-5-7-14/h3-11H,1-2H3,(H2,19,20,21,22). The highest BCUT2D eigenvalue weighted by Gasteiger charge is 2.04. The van der Waals surface area contributed by atoms with Crippen molar-refractivity contribution in [2.24, 2.45) is 0 Å². The van der Waals surface area contributed by atoms with E-state index in [0.717, 1.165) is 16.9 Å². The van der Waals surface area contributed by atoms with Crippen molar-refractivity contribution >= 4 is 23.1 Å². The summed E-state index contributed by atoms with van der Waals surface area (Å²) in [5.41, 5.74) is 4.30. The lowest BCUT2D eigenvalue weighted by atomic mass is 10.1. The van der Waals surface area contributed by atoms with Gasteiger partial charge in [0.1, 0.15) is 0 Å². The quantitative estimate of drug-likeness (QED) is 0.761. The zero-order chi connectivity index (χ0) is 15.4. The fourth-order valence-electron chi connectivity index (χ4n) is 2.16. The highest BCUT2D eigenvalue weighted by Crippen LogP contribution is 2.20. The van der Waals surface area contributed by atoms with Gasteiger partial charge in [-0.2, -0.15) is 10.1 Å². The molecule has 0 amide bonds. The summed E-state index contributed by atoms with van der Waals surface area (Å²) in [5.74, 6) is 1.11. The molecule has 1 aromatic heterocycles. The molecule has 3 rings (SSSR count). The average molecular weight is 291 g/mol.